The average Bonchev–Trinajstić information content (AvgIpc) is 2.90. The number of hydrogen-bond acceptors (Lipinski definition) is 5. The molecule has 0 radical (unpaired) electrons. The van der Waals surface area contributed by atoms with Gasteiger partial charge in [0.25, 0.3) is 0 Å². The highest BCUT2D eigenvalue weighted by molar-refractivity contribution is 7.13. The maximum absolute atomic E-state index is 12.5. The zero-order valence-electron chi connectivity index (χ0n) is 14.3. The van der Waals surface area contributed by atoms with Gasteiger partial charge in [0.2, 0.25) is 11.8 Å². The minimum absolute atomic E-state index is 0.0363. The Balaban J connectivity index is 2.03. The summed E-state index contributed by atoms with van der Waals surface area (Å²) in [6.45, 7) is 2.61. The molecule has 1 aliphatic rings. The van der Waals surface area contributed by atoms with Gasteiger partial charge in [-0.25, -0.2) is 4.98 Å². The lowest BCUT2D eigenvalue weighted by Crippen LogP contribution is -2.41. The van der Waals surface area contributed by atoms with E-state index in [1.54, 1.807) is 4.90 Å². The lowest BCUT2D eigenvalue weighted by molar-refractivity contribution is -0.134. The Morgan fingerprint density at radius 3 is 2.78 bits per heavy atom. The summed E-state index contributed by atoms with van der Waals surface area (Å²) >= 11 is 1.42. The van der Waals surface area contributed by atoms with E-state index in [0.29, 0.717) is 17.7 Å². The van der Waals surface area contributed by atoms with Gasteiger partial charge in [-0.15, -0.1) is 11.3 Å². The zero-order chi connectivity index (χ0) is 17.0. The first-order valence-corrected chi connectivity index (χ1v) is 8.88. The standard InChI is InChI=1S/C16H26N4O2S/c1-11-10-23-16(17-11)18-15(22)12-6-5-7-13(19(2)3)9-20(4)14(21)8-12/h10,12-13H,5-9H2,1-4H3,(H,17,18,22)/t12-,13-/m1/s1. The van der Waals surface area contributed by atoms with E-state index in [2.05, 4.69) is 15.2 Å². The fourth-order valence-corrected chi connectivity index (χ4v) is 3.53. The number of aryl methyl sites for hydroxylation is 1. The van der Waals surface area contributed by atoms with E-state index in [-0.39, 0.29) is 24.2 Å². The van der Waals surface area contributed by atoms with E-state index in [1.807, 2.05) is 33.4 Å². The lowest BCUT2D eigenvalue weighted by atomic mass is 9.96. The van der Waals surface area contributed by atoms with Gasteiger partial charge in [-0.05, 0) is 33.9 Å². The number of rotatable bonds is 3. The summed E-state index contributed by atoms with van der Waals surface area (Å²) in [6, 6.07) is 0.340. The van der Waals surface area contributed by atoms with Crippen molar-refractivity contribution >= 4 is 28.3 Å². The van der Waals surface area contributed by atoms with Gasteiger partial charge >= 0.3 is 0 Å². The van der Waals surface area contributed by atoms with Crippen LogP contribution in [0.4, 0.5) is 5.13 Å². The predicted octanol–water partition coefficient (Wildman–Crippen LogP) is 1.97. The number of carbonyl (C=O) groups is 2. The van der Waals surface area contributed by atoms with Gasteiger partial charge in [0.15, 0.2) is 5.13 Å². The van der Waals surface area contributed by atoms with Crippen LogP contribution in [0.1, 0.15) is 31.4 Å². The van der Waals surface area contributed by atoms with Crippen LogP contribution in [-0.4, -0.2) is 60.3 Å². The van der Waals surface area contributed by atoms with Crippen molar-refractivity contribution in [1.29, 1.82) is 0 Å². The van der Waals surface area contributed by atoms with Crippen LogP contribution < -0.4 is 5.32 Å². The fraction of sp³-hybridized carbons (Fsp3) is 0.688. The molecule has 1 N–H and O–H groups in total. The number of amides is 2. The molecule has 2 rings (SSSR count). The highest BCUT2D eigenvalue weighted by Crippen LogP contribution is 2.22. The third kappa shape index (κ3) is 5.00. The van der Waals surface area contributed by atoms with Crippen molar-refractivity contribution < 1.29 is 9.59 Å². The minimum Gasteiger partial charge on any atom is -0.344 e. The van der Waals surface area contributed by atoms with Crippen LogP contribution in [-0.2, 0) is 9.59 Å². The second-order valence-electron chi connectivity index (χ2n) is 6.51. The Labute approximate surface area is 141 Å². The maximum Gasteiger partial charge on any atom is 0.229 e. The highest BCUT2D eigenvalue weighted by atomic mass is 32.1. The Morgan fingerprint density at radius 1 is 1.43 bits per heavy atom. The molecule has 1 aromatic rings. The molecule has 1 aromatic heterocycles. The summed E-state index contributed by atoms with van der Waals surface area (Å²) in [7, 11) is 5.90. The summed E-state index contributed by atoms with van der Waals surface area (Å²) in [5.41, 5.74) is 0.893. The molecule has 1 fully saturated rings. The Morgan fingerprint density at radius 2 is 2.17 bits per heavy atom. The topological polar surface area (TPSA) is 65.5 Å². The average molecular weight is 338 g/mol. The van der Waals surface area contributed by atoms with Gasteiger partial charge in [0.1, 0.15) is 0 Å². The summed E-state index contributed by atoms with van der Waals surface area (Å²) in [4.78, 5) is 33.0. The van der Waals surface area contributed by atoms with Crippen LogP contribution in [0.25, 0.3) is 0 Å². The van der Waals surface area contributed by atoms with Gasteiger partial charge < -0.3 is 15.1 Å². The van der Waals surface area contributed by atoms with Gasteiger partial charge in [-0.2, -0.15) is 0 Å². The molecule has 1 saturated heterocycles. The van der Waals surface area contributed by atoms with Gasteiger partial charge in [0.05, 0.1) is 5.69 Å². The quantitative estimate of drug-likeness (QED) is 0.915. The largest absolute Gasteiger partial charge is 0.344 e. The Bertz CT molecular complexity index is 558. The van der Waals surface area contributed by atoms with Gasteiger partial charge in [-0.1, -0.05) is 6.42 Å². The zero-order valence-corrected chi connectivity index (χ0v) is 15.2. The Kier molecular flexibility index (Phi) is 6.12. The van der Waals surface area contributed by atoms with E-state index in [9.17, 15) is 9.59 Å². The van der Waals surface area contributed by atoms with Crippen LogP contribution in [0.5, 0.6) is 0 Å². The number of carbonyl (C=O) groups excluding carboxylic acids is 2. The molecule has 0 spiro atoms. The van der Waals surface area contributed by atoms with E-state index >= 15 is 0 Å². The molecule has 23 heavy (non-hydrogen) atoms. The normalized spacial score (nSPS) is 23.3. The van der Waals surface area contributed by atoms with Crippen molar-refractivity contribution in [2.45, 2.75) is 38.6 Å². The molecular weight excluding hydrogens is 312 g/mol. The molecule has 2 atom stereocenters. The summed E-state index contributed by atoms with van der Waals surface area (Å²) in [5.74, 6) is -0.339. The molecule has 0 aliphatic carbocycles. The number of nitrogens with one attached hydrogen (secondary N) is 1. The molecular formula is C16H26N4O2S. The van der Waals surface area contributed by atoms with Crippen molar-refractivity contribution in [2.24, 2.45) is 5.92 Å². The highest BCUT2D eigenvalue weighted by Gasteiger charge is 2.28. The van der Waals surface area contributed by atoms with Crippen molar-refractivity contribution in [1.82, 2.24) is 14.8 Å². The molecule has 2 heterocycles. The van der Waals surface area contributed by atoms with Gasteiger partial charge in [0, 0.05) is 37.4 Å². The lowest BCUT2D eigenvalue weighted by Gasteiger charge is -2.28. The number of aromatic nitrogens is 1. The number of nitrogens with zero attached hydrogens (tertiary/aromatic N) is 3. The van der Waals surface area contributed by atoms with Crippen LogP contribution >= 0.6 is 11.3 Å². The second-order valence-corrected chi connectivity index (χ2v) is 7.37. The first kappa shape index (κ1) is 17.9. The molecule has 0 unspecified atom stereocenters. The van der Waals surface area contributed by atoms with Crippen LogP contribution in [0.2, 0.25) is 0 Å². The van der Waals surface area contributed by atoms with E-state index in [0.717, 1.165) is 25.0 Å². The number of likely N-dealkylation sites (N-methyl/N-ethyl adjacent to an activating group) is 2. The van der Waals surface area contributed by atoms with E-state index in [1.165, 1.54) is 11.3 Å². The summed E-state index contributed by atoms with van der Waals surface area (Å²) in [5, 5.41) is 5.37. The van der Waals surface area contributed by atoms with Crippen LogP contribution in [0.15, 0.2) is 5.38 Å². The molecule has 7 heteroatoms. The number of hydrogen-bond donors (Lipinski definition) is 1. The third-order valence-corrected chi connectivity index (χ3v) is 5.25. The van der Waals surface area contributed by atoms with Crippen LogP contribution in [0.3, 0.4) is 0 Å². The molecule has 6 nitrogen and oxygen atoms in total. The summed E-state index contributed by atoms with van der Waals surface area (Å²) in [6.07, 6.45) is 2.94. The SMILES string of the molecule is Cc1csc(NC(=O)[C@@H]2CCC[C@@H](N(C)C)CN(C)C(=O)C2)n1. The van der Waals surface area contributed by atoms with E-state index in [4.69, 9.17) is 0 Å². The molecule has 2 amide bonds. The second kappa shape index (κ2) is 7.88. The van der Waals surface area contributed by atoms with Crippen LogP contribution in [0, 0.1) is 12.8 Å². The molecule has 0 aromatic carbocycles. The summed E-state index contributed by atoms with van der Waals surface area (Å²) < 4.78 is 0. The first-order chi connectivity index (χ1) is 10.9. The maximum atomic E-state index is 12.5. The molecule has 1 aliphatic heterocycles. The molecule has 0 saturated carbocycles. The van der Waals surface area contributed by atoms with Crippen molar-refractivity contribution in [3.8, 4) is 0 Å². The minimum atomic E-state index is -0.282. The number of thiazole rings is 1. The monoisotopic (exact) mass is 338 g/mol. The fourth-order valence-electron chi connectivity index (χ4n) is 2.84. The number of anilines is 1. The van der Waals surface area contributed by atoms with Crippen molar-refractivity contribution in [3.63, 3.8) is 0 Å². The molecule has 0 bridgehead atoms. The van der Waals surface area contributed by atoms with Gasteiger partial charge in [-0.3, -0.25) is 9.59 Å². The third-order valence-electron chi connectivity index (χ3n) is 4.37. The smallest absolute Gasteiger partial charge is 0.229 e. The van der Waals surface area contributed by atoms with Crippen molar-refractivity contribution in [3.05, 3.63) is 11.1 Å². The Hall–Kier alpha value is -1.47. The van der Waals surface area contributed by atoms with E-state index < -0.39 is 0 Å². The van der Waals surface area contributed by atoms with Crippen molar-refractivity contribution in [2.75, 3.05) is 33.0 Å². The first-order valence-electron chi connectivity index (χ1n) is 8.00. The predicted molar refractivity (Wildman–Crippen MR) is 92.6 cm³/mol. The molecule has 128 valence electrons.